The minimum Gasteiger partial charge on any atom is -0.479 e. The zero-order valence-electron chi connectivity index (χ0n) is 7.47. The smallest absolute Gasteiger partial charge is 0.332 e. The summed E-state index contributed by atoms with van der Waals surface area (Å²) in [5.41, 5.74) is 0. The molecule has 1 atom stereocenters. The molecule has 1 heterocycles. The van der Waals surface area contributed by atoms with E-state index in [-0.39, 0.29) is 6.61 Å². The maximum absolute atomic E-state index is 10.4. The number of hydrogen-bond acceptors (Lipinski definition) is 4. The van der Waals surface area contributed by atoms with E-state index in [1.807, 2.05) is 0 Å². The first kappa shape index (κ1) is 9.66. The van der Waals surface area contributed by atoms with Crippen molar-refractivity contribution in [3.8, 4) is 0 Å². The second-order valence-corrected chi connectivity index (χ2v) is 2.59. The van der Waals surface area contributed by atoms with Gasteiger partial charge in [-0.25, -0.2) is 9.78 Å². The summed E-state index contributed by atoms with van der Waals surface area (Å²) in [6.07, 6.45) is 0.570. The molecule has 1 rings (SSSR count). The SMILES string of the molecule is C[C@@H](OCc1ncnn1C)C(=O)O. The Bertz CT molecular complexity index is 297. The number of ether oxygens (including phenoxy) is 1. The summed E-state index contributed by atoms with van der Waals surface area (Å²) in [6, 6.07) is 0. The highest BCUT2D eigenvalue weighted by molar-refractivity contribution is 5.71. The average Bonchev–Trinajstić information content (AvgIpc) is 2.47. The number of carboxylic acids is 1. The standard InChI is InChI=1S/C7H11N3O3/c1-5(7(11)12)13-3-6-8-4-9-10(6)2/h4-5H,3H2,1-2H3,(H,11,12)/t5-/m1/s1. The Morgan fingerprint density at radius 1 is 1.85 bits per heavy atom. The normalized spacial score (nSPS) is 12.8. The highest BCUT2D eigenvalue weighted by Gasteiger charge is 2.12. The molecule has 0 aliphatic heterocycles. The Hall–Kier alpha value is -1.43. The number of nitrogens with zero attached hydrogens (tertiary/aromatic N) is 3. The Morgan fingerprint density at radius 2 is 2.54 bits per heavy atom. The highest BCUT2D eigenvalue weighted by atomic mass is 16.5. The second kappa shape index (κ2) is 3.99. The van der Waals surface area contributed by atoms with Crippen LogP contribution in [0.15, 0.2) is 6.33 Å². The molecular weight excluding hydrogens is 174 g/mol. The number of aliphatic carboxylic acids is 1. The molecule has 0 spiro atoms. The van der Waals surface area contributed by atoms with Gasteiger partial charge in [-0.2, -0.15) is 5.10 Å². The first-order chi connectivity index (χ1) is 6.11. The van der Waals surface area contributed by atoms with Gasteiger partial charge in [0.25, 0.3) is 0 Å². The van der Waals surface area contributed by atoms with Gasteiger partial charge < -0.3 is 9.84 Å². The molecule has 0 bridgehead atoms. The molecule has 0 saturated heterocycles. The van der Waals surface area contributed by atoms with Crippen LogP contribution in [0.25, 0.3) is 0 Å². The lowest BCUT2D eigenvalue weighted by atomic mass is 10.4. The van der Waals surface area contributed by atoms with Crippen molar-refractivity contribution >= 4 is 5.97 Å². The molecule has 0 aliphatic rings. The van der Waals surface area contributed by atoms with Crippen LogP contribution in [-0.2, 0) is 23.2 Å². The van der Waals surface area contributed by atoms with Crippen molar-refractivity contribution in [1.82, 2.24) is 14.8 Å². The average molecular weight is 185 g/mol. The first-order valence-corrected chi connectivity index (χ1v) is 3.78. The van der Waals surface area contributed by atoms with Crippen LogP contribution in [0.2, 0.25) is 0 Å². The van der Waals surface area contributed by atoms with E-state index in [1.54, 1.807) is 7.05 Å². The zero-order chi connectivity index (χ0) is 9.84. The Morgan fingerprint density at radius 3 is 3.00 bits per heavy atom. The van der Waals surface area contributed by atoms with Crippen LogP contribution < -0.4 is 0 Å². The first-order valence-electron chi connectivity index (χ1n) is 3.78. The van der Waals surface area contributed by atoms with Gasteiger partial charge in [0.2, 0.25) is 0 Å². The van der Waals surface area contributed by atoms with Crippen LogP contribution in [0.5, 0.6) is 0 Å². The minimum absolute atomic E-state index is 0.157. The lowest BCUT2D eigenvalue weighted by Crippen LogP contribution is -2.20. The fourth-order valence-corrected chi connectivity index (χ4v) is 0.722. The fourth-order valence-electron chi connectivity index (χ4n) is 0.722. The van der Waals surface area contributed by atoms with E-state index >= 15 is 0 Å². The number of hydrogen-bond donors (Lipinski definition) is 1. The molecule has 6 heteroatoms. The van der Waals surface area contributed by atoms with Gasteiger partial charge in [-0.15, -0.1) is 0 Å². The molecule has 6 nitrogen and oxygen atoms in total. The molecular formula is C7H11N3O3. The molecule has 0 unspecified atom stereocenters. The van der Waals surface area contributed by atoms with Gasteiger partial charge in [-0.1, -0.05) is 0 Å². The number of aromatic nitrogens is 3. The van der Waals surface area contributed by atoms with Crippen LogP contribution in [0.4, 0.5) is 0 Å². The maximum atomic E-state index is 10.4. The molecule has 0 aliphatic carbocycles. The summed E-state index contributed by atoms with van der Waals surface area (Å²) in [5, 5.41) is 12.3. The summed E-state index contributed by atoms with van der Waals surface area (Å²) in [6.45, 7) is 1.63. The molecule has 1 N–H and O–H groups in total. The van der Waals surface area contributed by atoms with Crippen LogP contribution in [0.1, 0.15) is 12.7 Å². The largest absolute Gasteiger partial charge is 0.479 e. The van der Waals surface area contributed by atoms with Gasteiger partial charge in [-0.05, 0) is 6.92 Å². The number of rotatable bonds is 4. The van der Waals surface area contributed by atoms with Crippen molar-refractivity contribution in [2.75, 3.05) is 0 Å². The third-order valence-corrected chi connectivity index (χ3v) is 1.62. The van der Waals surface area contributed by atoms with Gasteiger partial charge in [0.15, 0.2) is 11.9 Å². The number of carboxylic acid groups (broad SMARTS) is 1. The van der Waals surface area contributed by atoms with E-state index in [0.717, 1.165) is 0 Å². The van der Waals surface area contributed by atoms with Gasteiger partial charge >= 0.3 is 5.97 Å². The van der Waals surface area contributed by atoms with Crippen LogP contribution in [-0.4, -0.2) is 31.9 Å². The van der Waals surface area contributed by atoms with Crippen LogP contribution >= 0.6 is 0 Å². The predicted molar refractivity (Wildman–Crippen MR) is 42.9 cm³/mol. The molecule has 1 aromatic rings. The van der Waals surface area contributed by atoms with E-state index in [4.69, 9.17) is 9.84 Å². The third-order valence-electron chi connectivity index (χ3n) is 1.62. The molecule has 0 fully saturated rings. The molecule has 0 aromatic carbocycles. The molecule has 13 heavy (non-hydrogen) atoms. The molecule has 1 aromatic heterocycles. The molecule has 0 saturated carbocycles. The van der Waals surface area contributed by atoms with Crippen molar-refractivity contribution < 1.29 is 14.6 Å². The van der Waals surface area contributed by atoms with Crippen molar-refractivity contribution in [2.24, 2.45) is 7.05 Å². The van der Waals surface area contributed by atoms with Gasteiger partial charge in [0, 0.05) is 7.05 Å². The highest BCUT2D eigenvalue weighted by Crippen LogP contribution is 1.98. The number of aryl methyl sites for hydroxylation is 1. The van der Waals surface area contributed by atoms with Crippen molar-refractivity contribution in [3.63, 3.8) is 0 Å². The van der Waals surface area contributed by atoms with Crippen molar-refractivity contribution in [3.05, 3.63) is 12.2 Å². The summed E-state index contributed by atoms with van der Waals surface area (Å²) in [4.78, 5) is 14.3. The second-order valence-electron chi connectivity index (χ2n) is 2.59. The summed E-state index contributed by atoms with van der Waals surface area (Å²) >= 11 is 0. The molecule has 0 radical (unpaired) electrons. The summed E-state index contributed by atoms with van der Waals surface area (Å²) < 4.78 is 6.54. The van der Waals surface area contributed by atoms with E-state index in [1.165, 1.54) is 17.9 Å². The lowest BCUT2D eigenvalue weighted by molar-refractivity contribution is -0.150. The van der Waals surface area contributed by atoms with Gasteiger partial charge in [-0.3, -0.25) is 4.68 Å². The quantitative estimate of drug-likeness (QED) is 0.703. The summed E-state index contributed by atoms with van der Waals surface area (Å²) in [7, 11) is 1.72. The van der Waals surface area contributed by atoms with Crippen molar-refractivity contribution in [1.29, 1.82) is 0 Å². The maximum Gasteiger partial charge on any atom is 0.332 e. The van der Waals surface area contributed by atoms with Crippen molar-refractivity contribution in [2.45, 2.75) is 19.6 Å². The zero-order valence-corrected chi connectivity index (χ0v) is 7.47. The number of carbonyl (C=O) groups is 1. The van der Waals surface area contributed by atoms with Gasteiger partial charge in [0.05, 0.1) is 0 Å². The topological polar surface area (TPSA) is 77.2 Å². The predicted octanol–water partition coefficient (Wildman–Crippen LogP) is -0.195. The van der Waals surface area contributed by atoms with E-state index < -0.39 is 12.1 Å². The van der Waals surface area contributed by atoms with E-state index in [0.29, 0.717) is 5.82 Å². The van der Waals surface area contributed by atoms with Gasteiger partial charge in [0.1, 0.15) is 12.9 Å². The van der Waals surface area contributed by atoms with E-state index in [2.05, 4.69) is 10.1 Å². The fraction of sp³-hybridized carbons (Fsp3) is 0.571. The Labute approximate surface area is 75.2 Å². The minimum atomic E-state index is -0.984. The van der Waals surface area contributed by atoms with Crippen LogP contribution in [0, 0.1) is 0 Å². The third kappa shape index (κ3) is 2.51. The lowest BCUT2D eigenvalue weighted by Gasteiger charge is -2.06. The molecule has 72 valence electrons. The molecule has 0 amide bonds. The van der Waals surface area contributed by atoms with Crippen LogP contribution in [0.3, 0.4) is 0 Å². The Balaban J connectivity index is 2.44. The van der Waals surface area contributed by atoms with E-state index in [9.17, 15) is 4.79 Å². The summed E-state index contributed by atoms with van der Waals surface area (Å²) in [5.74, 6) is -0.379. The monoisotopic (exact) mass is 185 g/mol. The Kier molecular flexibility index (Phi) is 2.97.